The molecule has 0 spiro atoms. The molecule has 0 radical (unpaired) electrons. The minimum atomic E-state index is -0.355. The van der Waals surface area contributed by atoms with Gasteiger partial charge >= 0.3 is 5.97 Å². The van der Waals surface area contributed by atoms with E-state index in [4.69, 9.17) is 16.3 Å². The maximum atomic E-state index is 12.8. The predicted octanol–water partition coefficient (Wildman–Crippen LogP) is 3.71. The molecular formula is C23H29ClN4O3. The van der Waals surface area contributed by atoms with Gasteiger partial charge in [0.2, 0.25) is 5.91 Å². The lowest BCUT2D eigenvalue weighted by Gasteiger charge is -2.34. The molecule has 8 heteroatoms. The number of amides is 1. The number of rotatable bonds is 6. The Morgan fingerprint density at radius 3 is 2.42 bits per heavy atom. The Morgan fingerprint density at radius 1 is 1.13 bits per heavy atom. The van der Waals surface area contributed by atoms with Crippen LogP contribution in [0.5, 0.6) is 0 Å². The number of esters is 1. The topological polar surface area (TPSA) is 67.7 Å². The first kappa shape index (κ1) is 22.9. The highest BCUT2D eigenvalue weighted by Gasteiger charge is 2.24. The molecule has 0 aromatic carbocycles. The summed E-state index contributed by atoms with van der Waals surface area (Å²) < 4.78 is 7.31. The molecule has 0 saturated carbocycles. The molecule has 7 nitrogen and oxygen atoms in total. The van der Waals surface area contributed by atoms with Crippen LogP contribution in [0, 0.1) is 13.8 Å². The summed E-state index contributed by atoms with van der Waals surface area (Å²) in [6.45, 7) is 11.3. The van der Waals surface area contributed by atoms with Crippen LogP contribution in [0.25, 0.3) is 6.08 Å². The van der Waals surface area contributed by atoms with Gasteiger partial charge in [0.15, 0.2) is 0 Å². The number of hydrogen-bond acceptors (Lipinski definition) is 5. The van der Waals surface area contributed by atoms with Gasteiger partial charge in [0.05, 0.1) is 17.2 Å². The lowest BCUT2D eigenvalue weighted by molar-refractivity contribution is -0.126. The van der Waals surface area contributed by atoms with E-state index in [9.17, 15) is 9.59 Å². The van der Waals surface area contributed by atoms with Crippen LogP contribution in [0.2, 0.25) is 5.02 Å². The minimum Gasteiger partial charge on any atom is -0.462 e. The van der Waals surface area contributed by atoms with E-state index in [-0.39, 0.29) is 11.9 Å². The van der Waals surface area contributed by atoms with Crippen LogP contribution < -0.4 is 4.90 Å². The van der Waals surface area contributed by atoms with E-state index in [2.05, 4.69) is 14.5 Å². The van der Waals surface area contributed by atoms with Crippen molar-refractivity contribution in [2.45, 2.75) is 34.2 Å². The molecule has 1 aliphatic rings. The normalized spacial score (nSPS) is 14.4. The Kier molecular flexibility index (Phi) is 7.38. The highest BCUT2D eigenvalue weighted by Crippen LogP contribution is 2.25. The van der Waals surface area contributed by atoms with Gasteiger partial charge in [-0.25, -0.2) is 9.78 Å². The molecule has 1 aliphatic heterocycles. The number of hydrogen-bond donors (Lipinski definition) is 0. The van der Waals surface area contributed by atoms with Crippen LogP contribution in [0.1, 0.15) is 41.2 Å². The molecular weight excluding hydrogens is 416 g/mol. The molecule has 3 rings (SSSR count). The first-order chi connectivity index (χ1) is 14.9. The number of halogens is 1. The van der Waals surface area contributed by atoms with Crippen molar-refractivity contribution in [1.82, 2.24) is 14.5 Å². The Hall–Kier alpha value is -2.80. The number of pyridine rings is 1. The third kappa shape index (κ3) is 4.93. The predicted molar refractivity (Wildman–Crippen MR) is 123 cm³/mol. The van der Waals surface area contributed by atoms with Crippen molar-refractivity contribution in [1.29, 1.82) is 0 Å². The van der Waals surface area contributed by atoms with E-state index >= 15 is 0 Å². The number of anilines is 1. The summed E-state index contributed by atoms with van der Waals surface area (Å²) in [4.78, 5) is 33.6. The maximum Gasteiger partial charge on any atom is 0.340 e. The summed E-state index contributed by atoms with van der Waals surface area (Å²) in [5.41, 5.74) is 3.08. The lowest BCUT2D eigenvalue weighted by Crippen LogP contribution is -2.48. The van der Waals surface area contributed by atoms with Gasteiger partial charge in [-0.05, 0) is 45.9 Å². The molecule has 2 aromatic heterocycles. The summed E-state index contributed by atoms with van der Waals surface area (Å²) in [5, 5.41) is 0.604. The van der Waals surface area contributed by atoms with Crippen LogP contribution in [0.3, 0.4) is 0 Å². The van der Waals surface area contributed by atoms with Crippen LogP contribution >= 0.6 is 11.6 Å². The SMILES string of the molecule is CCOC(=O)c1c(/C=C/C(=O)N2CCN(c3ccc(Cl)cn3)CC2)c(C)n(CC)c1C. The minimum absolute atomic E-state index is 0.0696. The molecule has 0 unspecified atom stereocenters. The second kappa shape index (κ2) is 10.0. The fraction of sp³-hybridized carbons (Fsp3) is 0.435. The number of ether oxygens (including phenoxy) is 1. The van der Waals surface area contributed by atoms with E-state index in [0.29, 0.717) is 43.4 Å². The van der Waals surface area contributed by atoms with E-state index in [0.717, 1.165) is 29.3 Å². The monoisotopic (exact) mass is 444 g/mol. The average molecular weight is 445 g/mol. The zero-order valence-corrected chi connectivity index (χ0v) is 19.3. The molecule has 1 fully saturated rings. The van der Waals surface area contributed by atoms with Crippen LogP contribution in [-0.4, -0.2) is 59.1 Å². The van der Waals surface area contributed by atoms with Crippen molar-refractivity contribution >= 4 is 35.4 Å². The Labute approximate surface area is 188 Å². The van der Waals surface area contributed by atoms with Gasteiger partial charge in [-0.1, -0.05) is 11.6 Å². The molecule has 31 heavy (non-hydrogen) atoms. The van der Waals surface area contributed by atoms with Crippen molar-refractivity contribution in [3.8, 4) is 0 Å². The molecule has 0 aliphatic carbocycles. The van der Waals surface area contributed by atoms with Crippen molar-refractivity contribution in [3.05, 3.63) is 51.9 Å². The summed E-state index contributed by atoms with van der Waals surface area (Å²) in [7, 11) is 0. The van der Waals surface area contributed by atoms with Crippen LogP contribution in [0.15, 0.2) is 24.4 Å². The van der Waals surface area contributed by atoms with Gasteiger partial charge in [0.25, 0.3) is 0 Å². The highest BCUT2D eigenvalue weighted by molar-refractivity contribution is 6.30. The van der Waals surface area contributed by atoms with Gasteiger partial charge in [-0.15, -0.1) is 0 Å². The van der Waals surface area contributed by atoms with Crippen LogP contribution in [0.4, 0.5) is 5.82 Å². The Morgan fingerprint density at radius 2 is 1.84 bits per heavy atom. The average Bonchev–Trinajstić information content (AvgIpc) is 3.01. The summed E-state index contributed by atoms with van der Waals surface area (Å²) in [6, 6.07) is 3.71. The quantitative estimate of drug-likeness (QED) is 0.502. The fourth-order valence-electron chi connectivity index (χ4n) is 4.02. The lowest BCUT2D eigenvalue weighted by atomic mass is 10.1. The summed E-state index contributed by atoms with van der Waals surface area (Å²) >= 11 is 5.91. The standard InChI is InChI=1S/C23H29ClN4O3/c1-5-28-16(3)19(22(17(28)4)23(30)31-6-2)8-10-21(29)27-13-11-26(12-14-27)20-9-7-18(24)15-25-20/h7-10,15H,5-6,11-14H2,1-4H3/b10-8+. The first-order valence-electron chi connectivity index (χ1n) is 10.6. The van der Waals surface area contributed by atoms with Gasteiger partial charge in [-0.2, -0.15) is 0 Å². The summed E-state index contributed by atoms with van der Waals surface area (Å²) in [6.07, 6.45) is 4.93. The second-order valence-electron chi connectivity index (χ2n) is 7.40. The molecule has 0 atom stereocenters. The van der Waals surface area contributed by atoms with E-state index < -0.39 is 0 Å². The number of aromatic nitrogens is 2. The number of nitrogens with zero attached hydrogens (tertiary/aromatic N) is 4. The Balaban J connectivity index is 1.72. The van der Waals surface area contributed by atoms with Gasteiger partial charge in [-0.3, -0.25) is 4.79 Å². The third-order valence-corrected chi connectivity index (χ3v) is 5.87. The highest BCUT2D eigenvalue weighted by atomic mass is 35.5. The van der Waals surface area contributed by atoms with E-state index in [1.165, 1.54) is 0 Å². The molecule has 1 amide bonds. The molecule has 2 aromatic rings. The van der Waals surface area contributed by atoms with Gasteiger partial charge < -0.3 is 19.1 Å². The first-order valence-corrected chi connectivity index (χ1v) is 10.9. The third-order valence-electron chi connectivity index (χ3n) is 5.65. The fourth-order valence-corrected chi connectivity index (χ4v) is 4.13. The van der Waals surface area contributed by atoms with E-state index in [1.54, 1.807) is 25.3 Å². The van der Waals surface area contributed by atoms with E-state index in [1.807, 2.05) is 37.8 Å². The van der Waals surface area contributed by atoms with Crippen molar-refractivity contribution in [2.24, 2.45) is 0 Å². The molecule has 0 N–H and O–H groups in total. The molecule has 166 valence electrons. The number of piperazine rings is 1. The van der Waals surface area contributed by atoms with Crippen molar-refractivity contribution in [3.63, 3.8) is 0 Å². The van der Waals surface area contributed by atoms with Crippen molar-refractivity contribution in [2.75, 3.05) is 37.7 Å². The maximum absolute atomic E-state index is 12.8. The molecule has 1 saturated heterocycles. The number of carbonyl (C=O) groups excluding carboxylic acids is 2. The Bertz CT molecular complexity index is 974. The smallest absolute Gasteiger partial charge is 0.340 e. The molecule has 3 heterocycles. The summed E-state index contributed by atoms with van der Waals surface area (Å²) in [5.74, 6) is 0.435. The number of carbonyl (C=O) groups is 2. The molecule has 0 bridgehead atoms. The van der Waals surface area contributed by atoms with Crippen LogP contribution in [-0.2, 0) is 16.1 Å². The second-order valence-corrected chi connectivity index (χ2v) is 7.84. The van der Waals surface area contributed by atoms with Crippen molar-refractivity contribution < 1.29 is 14.3 Å². The zero-order valence-electron chi connectivity index (χ0n) is 18.5. The largest absolute Gasteiger partial charge is 0.462 e. The van der Waals surface area contributed by atoms with Gasteiger partial charge in [0, 0.05) is 61.9 Å². The van der Waals surface area contributed by atoms with Gasteiger partial charge in [0.1, 0.15) is 5.82 Å². The zero-order chi connectivity index (χ0) is 22.5.